The van der Waals surface area contributed by atoms with Gasteiger partial charge >= 0.3 is 121 Å². The quantitative estimate of drug-likeness (QED) is 0.881. The van der Waals surface area contributed by atoms with E-state index in [0.717, 1.165) is 22.9 Å². The number of benzene rings is 1. The molecule has 0 amide bonds. The molecule has 0 unspecified atom stereocenters. The maximum absolute atomic E-state index is 4.54. The average molecular weight is 322 g/mol. The van der Waals surface area contributed by atoms with Gasteiger partial charge in [0.15, 0.2) is 0 Å². The van der Waals surface area contributed by atoms with Crippen LogP contribution in [0.15, 0.2) is 18.2 Å². The van der Waals surface area contributed by atoms with Gasteiger partial charge in [-0.3, -0.25) is 0 Å². The first-order valence-electron chi connectivity index (χ1n) is 7.22. The zero-order valence-electron chi connectivity index (χ0n) is 11.6. The van der Waals surface area contributed by atoms with Crippen molar-refractivity contribution >= 4 is 31.7 Å². The van der Waals surface area contributed by atoms with E-state index in [0.29, 0.717) is 6.04 Å². The minimum absolute atomic E-state index is 0.0649. The molecule has 0 radical (unpaired) electrons. The van der Waals surface area contributed by atoms with Crippen LogP contribution in [0.3, 0.4) is 0 Å². The van der Waals surface area contributed by atoms with Crippen molar-refractivity contribution in [2.45, 2.75) is 45.6 Å². The van der Waals surface area contributed by atoms with Crippen LogP contribution in [0, 0.1) is 11.8 Å². The summed E-state index contributed by atoms with van der Waals surface area (Å²) in [6.45, 7) is 4.70. The molecule has 0 saturated heterocycles. The summed E-state index contributed by atoms with van der Waals surface area (Å²) in [6.07, 6.45) is 5.29. The van der Waals surface area contributed by atoms with Gasteiger partial charge in [0.1, 0.15) is 0 Å². The van der Waals surface area contributed by atoms with Gasteiger partial charge in [-0.2, -0.15) is 0 Å². The van der Waals surface area contributed by atoms with Crippen LogP contribution in [-0.2, 0) is 0 Å². The van der Waals surface area contributed by atoms with Crippen molar-refractivity contribution in [2.75, 3.05) is 5.32 Å². The van der Waals surface area contributed by atoms with Crippen molar-refractivity contribution in [3.05, 3.63) is 18.2 Å². The zero-order valence-corrected chi connectivity index (χ0v) is 13.3. The van der Waals surface area contributed by atoms with Crippen molar-refractivity contribution in [1.29, 1.82) is 0 Å². The zero-order chi connectivity index (χ0) is 13.2. The third kappa shape index (κ3) is 2.85. The van der Waals surface area contributed by atoms with Gasteiger partial charge in [0.2, 0.25) is 0 Å². The van der Waals surface area contributed by atoms with Crippen LogP contribution >= 0.6 is 0 Å². The fourth-order valence-corrected chi connectivity index (χ4v) is 4.23. The number of fused-ring (bicyclic) bond motifs is 1. The van der Waals surface area contributed by atoms with E-state index >= 15 is 0 Å². The van der Waals surface area contributed by atoms with Gasteiger partial charge < -0.3 is 0 Å². The first-order valence-corrected chi connectivity index (χ1v) is 8.75. The Bertz CT molecular complexity index is 541. The van der Waals surface area contributed by atoms with Crippen molar-refractivity contribution in [3.8, 4) is 0 Å². The number of rotatable bonds is 3. The molecular formula is C15H21N3Se. The fourth-order valence-electron chi connectivity index (χ4n) is 3.07. The maximum atomic E-state index is 4.54. The normalized spacial score (nSPS) is 23.9. The minimum atomic E-state index is 0.0649. The first kappa shape index (κ1) is 13.1. The number of anilines is 1. The molecule has 0 bridgehead atoms. The van der Waals surface area contributed by atoms with Crippen molar-refractivity contribution in [1.82, 2.24) is 7.96 Å². The van der Waals surface area contributed by atoms with Crippen LogP contribution in [0.5, 0.6) is 0 Å². The van der Waals surface area contributed by atoms with Gasteiger partial charge in [-0.05, 0) is 0 Å². The van der Waals surface area contributed by atoms with Gasteiger partial charge in [0, 0.05) is 0 Å². The van der Waals surface area contributed by atoms with E-state index in [4.69, 9.17) is 0 Å². The predicted octanol–water partition coefficient (Wildman–Crippen LogP) is 3.31. The predicted molar refractivity (Wildman–Crippen MR) is 80.7 cm³/mol. The molecule has 1 N–H and O–H groups in total. The number of aromatic nitrogens is 2. The summed E-state index contributed by atoms with van der Waals surface area (Å²) in [5.74, 6) is 1.75. The van der Waals surface area contributed by atoms with Crippen LogP contribution < -0.4 is 5.32 Å². The number of hydrogen-bond donors (Lipinski definition) is 1. The van der Waals surface area contributed by atoms with E-state index in [1.807, 2.05) is 0 Å². The Labute approximate surface area is 121 Å². The van der Waals surface area contributed by atoms with Gasteiger partial charge in [-0.15, -0.1) is 0 Å². The molecule has 19 heavy (non-hydrogen) atoms. The molecule has 0 spiro atoms. The Morgan fingerprint density at radius 1 is 1.16 bits per heavy atom. The van der Waals surface area contributed by atoms with Crippen LogP contribution in [0.1, 0.15) is 39.5 Å². The van der Waals surface area contributed by atoms with Crippen LogP contribution in [0.2, 0.25) is 0 Å². The van der Waals surface area contributed by atoms with Crippen molar-refractivity contribution < 1.29 is 0 Å². The second kappa shape index (κ2) is 5.64. The molecule has 1 aromatic heterocycles. The summed E-state index contributed by atoms with van der Waals surface area (Å²) in [4.78, 5) is 0. The van der Waals surface area contributed by atoms with E-state index in [1.54, 1.807) is 0 Å². The fraction of sp³-hybridized carbons (Fsp3) is 0.600. The third-order valence-electron chi connectivity index (χ3n) is 4.36. The Morgan fingerprint density at radius 2 is 1.95 bits per heavy atom. The molecule has 0 atom stereocenters. The van der Waals surface area contributed by atoms with Crippen LogP contribution in [0.4, 0.5) is 5.69 Å². The molecule has 102 valence electrons. The van der Waals surface area contributed by atoms with E-state index in [-0.39, 0.29) is 15.0 Å². The molecule has 1 saturated carbocycles. The van der Waals surface area contributed by atoms with Crippen molar-refractivity contribution in [3.63, 3.8) is 0 Å². The molecule has 4 heteroatoms. The topological polar surface area (TPSA) is 37.8 Å². The summed E-state index contributed by atoms with van der Waals surface area (Å²) in [5.41, 5.74) is 3.35. The van der Waals surface area contributed by atoms with Gasteiger partial charge in [-0.25, -0.2) is 0 Å². The summed E-state index contributed by atoms with van der Waals surface area (Å²) >= 11 is 0.0649. The van der Waals surface area contributed by atoms with E-state index in [9.17, 15) is 0 Å². The molecule has 1 heterocycles. The Balaban J connectivity index is 1.68. The van der Waals surface area contributed by atoms with Gasteiger partial charge in [0.05, 0.1) is 0 Å². The Hall–Kier alpha value is -0.861. The molecule has 1 aliphatic rings. The SMILES string of the molecule is CC(C)C1CCC(Nc2cccc3n[se]nc23)CC1. The standard InChI is InChI=1S/C15H21N3Se/c1-10(2)11-6-8-12(9-7-11)16-13-4-3-5-14-15(13)18-19-17-14/h3-5,10-12,16H,6-9H2,1-2H3. The second-order valence-electron chi connectivity index (χ2n) is 5.94. The van der Waals surface area contributed by atoms with Gasteiger partial charge in [0.25, 0.3) is 0 Å². The van der Waals surface area contributed by atoms with E-state index in [1.165, 1.54) is 31.4 Å². The third-order valence-corrected chi connectivity index (χ3v) is 5.50. The van der Waals surface area contributed by atoms with Crippen LogP contribution in [-0.4, -0.2) is 29.0 Å². The molecular weight excluding hydrogens is 301 g/mol. The summed E-state index contributed by atoms with van der Waals surface area (Å²) in [6, 6.07) is 6.91. The van der Waals surface area contributed by atoms with Crippen LogP contribution in [0.25, 0.3) is 11.0 Å². The molecule has 1 aliphatic carbocycles. The van der Waals surface area contributed by atoms with E-state index in [2.05, 4.69) is 45.3 Å². The van der Waals surface area contributed by atoms with E-state index < -0.39 is 0 Å². The molecule has 3 nitrogen and oxygen atoms in total. The van der Waals surface area contributed by atoms with Crippen molar-refractivity contribution in [2.24, 2.45) is 11.8 Å². The molecule has 3 rings (SSSR count). The summed E-state index contributed by atoms with van der Waals surface area (Å²) in [7, 11) is 0. The average Bonchev–Trinajstić information content (AvgIpc) is 2.89. The Morgan fingerprint density at radius 3 is 2.68 bits per heavy atom. The summed E-state index contributed by atoms with van der Waals surface area (Å²) < 4.78 is 8.99. The summed E-state index contributed by atoms with van der Waals surface area (Å²) in [5, 5.41) is 3.70. The van der Waals surface area contributed by atoms with Gasteiger partial charge in [-0.1, -0.05) is 0 Å². The number of nitrogens with zero attached hydrogens (tertiary/aromatic N) is 2. The molecule has 0 aliphatic heterocycles. The Kier molecular flexibility index (Phi) is 3.90. The molecule has 1 aromatic carbocycles. The number of nitrogens with one attached hydrogen (secondary N) is 1. The number of hydrogen-bond acceptors (Lipinski definition) is 3. The molecule has 1 fully saturated rings. The molecule has 2 aromatic rings. The first-order chi connectivity index (χ1) is 9.24. The monoisotopic (exact) mass is 323 g/mol. The second-order valence-corrected chi connectivity index (χ2v) is 7.05.